The van der Waals surface area contributed by atoms with Gasteiger partial charge in [0.2, 0.25) is 5.91 Å². The van der Waals surface area contributed by atoms with Crippen LogP contribution in [0.4, 0.5) is 10.7 Å². The first kappa shape index (κ1) is 21.0. The van der Waals surface area contributed by atoms with E-state index in [1.807, 2.05) is 12.1 Å². The van der Waals surface area contributed by atoms with E-state index in [9.17, 15) is 14.4 Å². The van der Waals surface area contributed by atoms with Crippen LogP contribution in [0.2, 0.25) is 0 Å². The molecule has 8 heteroatoms. The summed E-state index contributed by atoms with van der Waals surface area (Å²) in [5, 5.41) is -0.395. The smallest absolute Gasteiger partial charge is 0.294 e. The second-order valence-electron chi connectivity index (χ2n) is 8.14. The number of thioether (sulfide) groups is 1. The maximum atomic E-state index is 12.8. The SMILES string of the molecule is O=C(CN1C(=O)SC(=Cc2ccc(N3CCCCCC3)o2)C1=O)N1CCCCCC1. The standard InChI is InChI=1S/C22H29N3O4S/c26-19(23-11-5-1-2-6-12-23)16-25-21(27)18(30-22(25)28)15-17-9-10-20(29-17)24-13-7-3-4-8-14-24/h9-10,15H,1-8,11-14,16H2. The summed E-state index contributed by atoms with van der Waals surface area (Å²) in [6, 6.07) is 3.75. The molecule has 3 amide bonds. The van der Waals surface area contributed by atoms with Gasteiger partial charge in [0.15, 0.2) is 5.88 Å². The van der Waals surface area contributed by atoms with E-state index in [0.717, 1.165) is 74.2 Å². The predicted octanol–water partition coefficient (Wildman–Crippen LogP) is 4.10. The first-order valence-corrected chi connectivity index (χ1v) is 11.8. The van der Waals surface area contributed by atoms with E-state index in [0.29, 0.717) is 23.8 Å². The van der Waals surface area contributed by atoms with Crippen LogP contribution in [-0.4, -0.2) is 59.6 Å². The Balaban J connectivity index is 1.40. The van der Waals surface area contributed by atoms with Crippen molar-refractivity contribution in [3.63, 3.8) is 0 Å². The molecule has 0 aromatic carbocycles. The highest BCUT2D eigenvalue weighted by molar-refractivity contribution is 8.18. The average molecular weight is 432 g/mol. The number of furan rings is 1. The van der Waals surface area contributed by atoms with Crippen molar-refractivity contribution in [2.75, 3.05) is 37.6 Å². The zero-order valence-corrected chi connectivity index (χ0v) is 18.1. The van der Waals surface area contributed by atoms with E-state index in [2.05, 4.69) is 4.90 Å². The Bertz CT molecular complexity index is 818. The number of carbonyl (C=O) groups is 3. The van der Waals surface area contributed by atoms with E-state index < -0.39 is 11.1 Å². The van der Waals surface area contributed by atoms with Crippen molar-refractivity contribution in [3.05, 3.63) is 22.8 Å². The Morgan fingerprint density at radius 3 is 2.23 bits per heavy atom. The summed E-state index contributed by atoms with van der Waals surface area (Å²) in [5.41, 5.74) is 0. The summed E-state index contributed by atoms with van der Waals surface area (Å²) < 4.78 is 5.93. The summed E-state index contributed by atoms with van der Waals surface area (Å²) in [5.74, 6) is 0.792. The number of hydrogen-bond acceptors (Lipinski definition) is 6. The van der Waals surface area contributed by atoms with E-state index in [-0.39, 0.29) is 12.5 Å². The Hall–Kier alpha value is -2.22. The van der Waals surface area contributed by atoms with Crippen molar-refractivity contribution in [1.82, 2.24) is 9.80 Å². The number of carbonyl (C=O) groups excluding carboxylic acids is 3. The first-order chi connectivity index (χ1) is 14.6. The van der Waals surface area contributed by atoms with Crippen LogP contribution >= 0.6 is 11.8 Å². The van der Waals surface area contributed by atoms with Gasteiger partial charge in [0, 0.05) is 38.3 Å². The van der Waals surface area contributed by atoms with Crippen LogP contribution in [-0.2, 0) is 9.59 Å². The number of anilines is 1. The highest BCUT2D eigenvalue weighted by Gasteiger charge is 2.37. The van der Waals surface area contributed by atoms with E-state index >= 15 is 0 Å². The van der Waals surface area contributed by atoms with Crippen LogP contribution in [0.25, 0.3) is 6.08 Å². The third-order valence-corrected chi connectivity index (χ3v) is 6.84. The zero-order chi connectivity index (χ0) is 20.9. The van der Waals surface area contributed by atoms with E-state index in [1.165, 1.54) is 12.8 Å². The lowest BCUT2D eigenvalue weighted by atomic mass is 10.2. The second-order valence-corrected chi connectivity index (χ2v) is 9.13. The molecular weight excluding hydrogens is 402 g/mol. The van der Waals surface area contributed by atoms with Gasteiger partial charge >= 0.3 is 0 Å². The summed E-state index contributed by atoms with van der Waals surface area (Å²) in [4.78, 5) is 43.1. The molecule has 162 valence electrons. The molecule has 30 heavy (non-hydrogen) atoms. The normalized spacial score (nSPS) is 22.5. The lowest BCUT2D eigenvalue weighted by molar-refractivity contribution is -0.135. The molecule has 0 atom stereocenters. The number of rotatable bonds is 4. The summed E-state index contributed by atoms with van der Waals surface area (Å²) in [6.07, 6.45) is 10.6. The molecule has 1 aromatic rings. The van der Waals surface area contributed by atoms with Crippen molar-refractivity contribution in [3.8, 4) is 0 Å². The fourth-order valence-corrected chi connectivity index (χ4v) is 5.02. The highest BCUT2D eigenvalue weighted by Crippen LogP contribution is 2.33. The van der Waals surface area contributed by atoms with Gasteiger partial charge in [0.1, 0.15) is 12.3 Å². The quantitative estimate of drug-likeness (QED) is 0.668. The number of amides is 3. The van der Waals surface area contributed by atoms with Crippen LogP contribution in [0.5, 0.6) is 0 Å². The molecule has 0 unspecified atom stereocenters. The molecular formula is C22H29N3O4S. The molecule has 1 aromatic heterocycles. The maximum absolute atomic E-state index is 12.8. The fraction of sp³-hybridized carbons (Fsp3) is 0.591. The molecule has 3 aliphatic rings. The number of hydrogen-bond donors (Lipinski definition) is 0. The highest BCUT2D eigenvalue weighted by atomic mass is 32.2. The lowest BCUT2D eigenvalue weighted by Gasteiger charge is -2.22. The molecule has 4 rings (SSSR count). The number of imide groups is 1. The van der Waals surface area contributed by atoms with Gasteiger partial charge in [-0.3, -0.25) is 19.3 Å². The summed E-state index contributed by atoms with van der Waals surface area (Å²) in [7, 11) is 0. The largest absolute Gasteiger partial charge is 0.441 e. The molecule has 0 bridgehead atoms. The Morgan fingerprint density at radius 2 is 1.57 bits per heavy atom. The van der Waals surface area contributed by atoms with Gasteiger partial charge in [-0.25, -0.2) is 0 Å². The molecule has 3 saturated heterocycles. The van der Waals surface area contributed by atoms with E-state index in [4.69, 9.17) is 4.42 Å². The van der Waals surface area contributed by atoms with Crippen LogP contribution in [0.1, 0.15) is 57.1 Å². The molecule has 3 fully saturated rings. The molecule has 3 aliphatic heterocycles. The third kappa shape index (κ3) is 4.91. The fourth-order valence-electron chi connectivity index (χ4n) is 4.20. The maximum Gasteiger partial charge on any atom is 0.294 e. The second kappa shape index (κ2) is 9.73. The molecule has 0 aliphatic carbocycles. The number of nitrogens with zero attached hydrogens (tertiary/aromatic N) is 3. The predicted molar refractivity (Wildman–Crippen MR) is 117 cm³/mol. The van der Waals surface area contributed by atoms with Crippen LogP contribution in [0.3, 0.4) is 0 Å². The number of likely N-dealkylation sites (tertiary alicyclic amines) is 1. The summed E-state index contributed by atoms with van der Waals surface area (Å²) >= 11 is 0.872. The molecule has 0 N–H and O–H groups in total. The van der Waals surface area contributed by atoms with Gasteiger partial charge in [0.05, 0.1) is 4.91 Å². The molecule has 4 heterocycles. The van der Waals surface area contributed by atoms with E-state index in [1.54, 1.807) is 11.0 Å². The Kier molecular flexibility index (Phi) is 6.82. The van der Waals surface area contributed by atoms with Gasteiger partial charge < -0.3 is 14.2 Å². The average Bonchev–Trinajstić information content (AvgIpc) is 3.06. The van der Waals surface area contributed by atoms with Crippen molar-refractivity contribution < 1.29 is 18.8 Å². The van der Waals surface area contributed by atoms with Gasteiger partial charge in [-0.2, -0.15) is 0 Å². The van der Waals surface area contributed by atoms with Crippen molar-refractivity contribution in [2.45, 2.75) is 51.4 Å². The Labute approximate surface area is 181 Å². The van der Waals surface area contributed by atoms with Crippen molar-refractivity contribution >= 4 is 40.8 Å². The van der Waals surface area contributed by atoms with Crippen molar-refractivity contribution in [1.29, 1.82) is 0 Å². The van der Waals surface area contributed by atoms with Crippen LogP contribution < -0.4 is 4.90 Å². The molecule has 0 radical (unpaired) electrons. The lowest BCUT2D eigenvalue weighted by Crippen LogP contribution is -2.42. The van der Waals surface area contributed by atoms with Crippen molar-refractivity contribution in [2.24, 2.45) is 0 Å². The molecule has 0 saturated carbocycles. The molecule has 0 spiro atoms. The monoisotopic (exact) mass is 431 g/mol. The third-order valence-electron chi connectivity index (χ3n) is 5.93. The minimum atomic E-state index is -0.416. The van der Waals surface area contributed by atoms with Gasteiger partial charge in [-0.15, -0.1) is 0 Å². The Morgan fingerprint density at radius 1 is 0.933 bits per heavy atom. The summed E-state index contributed by atoms with van der Waals surface area (Å²) in [6.45, 7) is 3.18. The first-order valence-electron chi connectivity index (χ1n) is 11.0. The van der Waals surface area contributed by atoms with Gasteiger partial charge in [-0.1, -0.05) is 25.7 Å². The van der Waals surface area contributed by atoms with Gasteiger partial charge in [0.25, 0.3) is 11.1 Å². The minimum Gasteiger partial charge on any atom is -0.441 e. The van der Waals surface area contributed by atoms with Crippen LogP contribution in [0, 0.1) is 0 Å². The van der Waals surface area contributed by atoms with Gasteiger partial charge in [-0.05, 0) is 43.5 Å². The topological polar surface area (TPSA) is 74.1 Å². The zero-order valence-electron chi connectivity index (χ0n) is 17.3. The van der Waals surface area contributed by atoms with Crippen LogP contribution in [0.15, 0.2) is 21.5 Å². The minimum absolute atomic E-state index is 0.151. The molecule has 7 nitrogen and oxygen atoms in total.